The SMILES string of the molecule is COC(=O)CNc1nc(NN)nc2[nH]ncc12. The van der Waals surface area contributed by atoms with Crippen LogP contribution in [0.2, 0.25) is 0 Å². The number of nitrogens with two attached hydrogens (primary N) is 1. The van der Waals surface area contributed by atoms with Gasteiger partial charge in [-0.3, -0.25) is 15.3 Å². The summed E-state index contributed by atoms with van der Waals surface area (Å²) < 4.78 is 4.51. The average Bonchev–Trinajstić information content (AvgIpc) is 2.83. The molecule has 0 bridgehead atoms. The van der Waals surface area contributed by atoms with E-state index in [0.717, 1.165) is 0 Å². The van der Waals surface area contributed by atoms with Crippen LogP contribution in [0.3, 0.4) is 0 Å². The van der Waals surface area contributed by atoms with Crippen LogP contribution >= 0.6 is 0 Å². The third-order valence-corrected chi connectivity index (χ3v) is 2.07. The van der Waals surface area contributed by atoms with E-state index in [4.69, 9.17) is 5.84 Å². The lowest BCUT2D eigenvalue weighted by Crippen LogP contribution is -2.17. The van der Waals surface area contributed by atoms with E-state index in [1.807, 2.05) is 0 Å². The van der Waals surface area contributed by atoms with Crippen LogP contribution in [-0.4, -0.2) is 39.8 Å². The molecule has 0 atom stereocenters. The van der Waals surface area contributed by atoms with Gasteiger partial charge < -0.3 is 10.1 Å². The van der Waals surface area contributed by atoms with Crippen molar-refractivity contribution in [3.05, 3.63) is 6.20 Å². The van der Waals surface area contributed by atoms with Gasteiger partial charge in [-0.15, -0.1) is 0 Å². The molecule has 0 amide bonds. The Morgan fingerprint density at radius 1 is 1.59 bits per heavy atom. The predicted octanol–water partition coefficient (Wildman–Crippen LogP) is -0.777. The molecule has 0 aromatic carbocycles. The standard InChI is InChI=1S/C8H11N7O2/c1-17-5(16)3-10-6-4-2-11-15-7(4)13-8(12-6)14-9/h2H,3,9H2,1H3,(H3,10,11,12,13,14,15). The van der Waals surface area contributed by atoms with Crippen molar-refractivity contribution in [3.8, 4) is 0 Å². The molecule has 0 saturated carbocycles. The van der Waals surface area contributed by atoms with Gasteiger partial charge in [-0.2, -0.15) is 15.1 Å². The first kappa shape index (κ1) is 11.1. The van der Waals surface area contributed by atoms with Crippen LogP contribution in [-0.2, 0) is 9.53 Å². The summed E-state index contributed by atoms with van der Waals surface area (Å²) in [6, 6.07) is 0. The summed E-state index contributed by atoms with van der Waals surface area (Å²) in [4.78, 5) is 19.1. The first-order valence-electron chi connectivity index (χ1n) is 4.73. The summed E-state index contributed by atoms with van der Waals surface area (Å²) in [7, 11) is 1.31. The number of carbonyl (C=O) groups excluding carboxylic acids is 1. The van der Waals surface area contributed by atoms with E-state index in [1.54, 1.807) is 6.20 Å². The van der Waals surface area contributed by atoms with Crippen molar-refractivity contribution in [2.45, 2.75) is 0 Å². The van der Waals surface area contributed by atoms with Gasteiger partial charge in [0.15, 0.2) is 5.65 Å². The molecule has 0 aliphatic rings. The molecule has 2 aromatic rings. The number of nitrogens with one attached hydrogen (secondary N) is 3. The van der Waals surface area contributed by atoms with E-state index in [9.17, 15) is 4.79 Å². The van der Waals surface area contributed by atoms with Gasteiger partial charge in [0.2, 0.25) is 5.95 Å². The van der Waals surface area contributed by atoms with E-state index in [1.165, 1.54) is 7.11 Å². The molecule has 90 valence electrons. The minimum Gasteiger partial charge on any atom is -0.468 e. The molecule has 0 aliphatic heterocycles. The van der Waals surface area contributed by atoms with Crippen molar-refractivity contribution in [2.24, 2.45) is 5.84 Å². The molecular weight excluding hydrogens is 226 g/mol. The van der Waals surface area contributed by atoms with Crippen molar-refractivity contribution in [3.63, 3.8) is 0 Å². The Labute approximate surface area is 95.7 Å². The Bertz CT molecular complexity index is 538. The van der Waals surface area contributed by atoms with E-state index < -0.39 is 5.97 Å². The third-order valence-electron chi connectivity index (χ3n) is 2.07. The molecule has 0 spiro atoms. The van der Waals surface area contributed by atoms with E-state index in [2.05, 4.69) is 35.6 Å². The monoisotopic (exact) mass is 237 g/mol. The summed E-state index contributed by atoms with van der Waals surface area (Å²) in [5.74, 6) is 5.49. The highest BCUT2D eigenvalue weighted by molar-refractivity contribution is 5.88. The van der Waals surface area contributed by atoms with Gasteiger partial charge in [-0.05, 0) is 0 Å². The third kappa shape index (κ3) is 2.23. The maximum atomic E-state index is 11.0. The number of hydrogen-bond donors (Lipinski definition) is 4. The van der Waals surface area contributed by atoms with Crippen LogP contribution in [0, 0.1) is 0 Å². The van der Waals surface area contributed by atoms with Crippen LogP contribution in [0.4, 0.5) is 11.8 Å². The number of nitrogens with zero attached hydrogens (tertiary/aromatic N) is 3. The van der Waals surface area contributed by atoms with Crippen molar-refractivity contribution >= 4 is 28.8 Å². The number of esters is 1. The lowest BCUT2D eigenvalue weighted by atomic mass is 10.4. The van der Waals surface area contributed by atoms with Gasteiger partial charge in [0.05, 0.1) is 18.7 Å². The quantitative estimate of drug-likeness (QED) is 0.309. The lowest BCUT2D eigenvalue weighted by Gasteiger charge is -2.06. The largest absolute Gasteiger partial charge is 0.468 e. The van der Waals surface area contributed by atoms with Crippen LogP contribution in [0.15, 0.2) is 6.20 Å². The summed E-state index contributed by atoms with van der Waals surface area (Å²) in [6.07, 6.45) is 1.55. The number of rotatable bonds is 4. The number of anilines is 2. The van der Waals surface area contributed by atoms with Crippen LogP contribution in [0.25, 0.3) is 11.0 Å². The fourth-order valence-electron chi connectivity index (χ4n) is 1.26. The van der Waals surface area contributed by atoms with Gasteiger partial charge in [0.25, 0.3) is 0 Å². The number of carbonyl (C=O) groups is 1. The second-order valence-electron chi connectivity index (χ2n) is 3.10. The van der Waals surface area contributed by atoms with Gasteiger partial charge in [0, 0.05) is 0 Å². The van der Waals surface area contributed by atoms with E-state index >= 15 is 0 Å². The topological polar surface area (TPSA) is 131 Å². The Hall–Kier alpha value is -2.42. The minimum absolute atomic E-state index is 0.00218. The molecule has 9 nitrogen and oxygen atoms in total. The van der Waals surface area contributed by atoms with E-state index in [0.29, 0.717) is 16.9 Å². The summed E-state index contributed by atoms with van der Waals surface area (Å²) in [5.41, 5.74) is 2.84. The number of ether oxygens (including phenoxy) is 1. The molecule has 5 N–H and O–H groups in total. The highest BCUT2D eigenvalue weighted by Gasteiger charge is 2.10. The molecule has 0 aliphatic carbocycles. The Morgan fingerprint density at radius 2 is 2.41 bits per heavy atom. The van der Waals surface area contributed by atoms with Gasteiger partial charge in [-0.1, -0.05) is 0 Å². The van der Waals surface area contributed by atoms with Crippen LogP contribution in [0.5, 0.6) is 0 Å². The molecule has 0 fully saturated rings. The summed E-state index contributed by atoms with van der Waals surface area (Å²) in [5, 5.41) is 9.99. The molecule has 17 heavy (non-hydrogen) atoms. The highest BCUT2D eigenvalue weighted by Crippen LogP contribution is 2.19. The Kier molecular flexibility index (Phi) is 3.01. The maximum absolute atomic E-state index is 11.0. The second kappa shape index (κ2) is 4.61. The minimum atomic E-state index is -0.400. The molecule has 2 aromatic heterocycles. The van der Waals surface area contributed by atoms with Crippen LogP contribution < -0.4 is 16.6 Å². The average molecular weight is 237 g/mol. The molecule has 9 heteroatoms. The second-order valence-corrected chi connectivity index (χ2v) is 3.10. The van der Waals surface area contributed by atoms with Crippen molar-refractivity contribution in [1.29, 1.82) is 0 Å². The molecule has 2 rings (SSSR count). The summed E-state index contributed by atoms with van der Waals surface area (Å²) >= 11 is 0. The first-order chi connectivity index (χ1) is 8.24. The lowest BCUT2D eigenvalue weighted by molar-refractivity contribution is -0.138. The number of aromatic nitrogens is 4. The smallest absolute Gasteiger partial charge is 0.325 e. The first-order valence-corrected chi connectivity index (χ1v) is 4.73. The number of fused-ring (bicyclic) bond motifs is 1. The Balaban J connectivity index is 2.30. The normalized spacial score (nSPS) is 10.2. The fourth-order valence-corrected chi connectivity index (χ4v) is 1.26. The van der Waals surface area contributed by atoms with Gasteiger partial charge >= 0.3 is 5.97 Å². The maximum Gasteiger partial charge on any atom is 0.325 e. The number of methoxy groups -OCH3 is 1. The van der Waals surface area contributed by atoms with Gasteiger partial charge in [-0.25, -0.2) is 5.84 Å². The molecular formula is C8H11N7O2. The zero-order chi connectivity index (χ0) is 12.3. The highest BCUT2D eigenvalue weighted by atomic mass is 16.5. The molecule has 0 saturated heterocycles. The Morgan fingerprint density at radius 3 is 3.12 bits per heavy atom. The molecule has 0 radical (unpaired) electrons. The van der Waals surface area contributed by atoms with Crippen LogP contribution in [0.1, 0.15) is 0 Å². The fraction of sp³-hybridized carbons (Fsp3) is 0.250. The van der Waals surface area contributed by atoms with Crippen molar-refractivity contribution < 1.29 is 9.53 Å². The zero-order valence-electron chi connectivity index (χ0n) is 9.02. The number of aromatic amines is 1. The molecule has 0 unspecified atom stereocenters. The number of nitrogen functional groups attached to an aromatic ring is 1. The molecule has 2 heterocycles. The predicted molar refractivity (Wildman–Crippen MR) is 60.0 cm³/mol. The zero-order valence-corrected chi connectivity index (χ0v) is 9.02. The van der Waals surface area contributed by atoms with Crippen molar-refractivity contribution in [2.75, 3.05) is 24.4 Å². The number of H-pyrrole nitrogens is 1. The number of hydrogen-bond acceptors (Lipinski definition) is 8. The summed E-state index contributed by atoms with van der Waals surface area (Å²) in [6.45, 7) is -0.00218. The van der Waals surface area contributed by atoms with Crippen molar-refractivity contribution in [1.82, 2.24) is 20.2 Å². The van der Waals surface area contributed by atoms with Gasteiger partial charge in [0.1, 0.15) is 12.4 Å². The number of hydrazine groups is 1. The van der Waals surface area contributed by atoms with E-state index in [-0.39, 0.29) is 12.5 Å².